The van der Waals surface area contributed by atoms with E-state index >= 15 is 0 Å². The van der Waals surface area contributed by atoms with Crippen molar-refractivity contribution in [2.75, 3.05) is 6.61 Å². The molecule has 0 fully saturated rings. The molecule has 0 aliphatic rings. The lowest BCUT2D eigenvalue weighted by molar-refractivity contribution is -0.137. The van der Waals surface area contributed by atoms with Crippen LogP contribution in [0, 0.1) is 0 Å². The third-order valence-electron chi connectivity index (χ3n) is 2.98. The molecule has 8 heteroatoms. The summed E-state index contributed by atoms with van der Waals surface area (Å²) in [7, 11) is 0. The topological polar surface area (TPSA) is 82.5 Å². The number of allylic oxidation sites excluding steroid dienone is 1. The van der Waals surface area contributed by atoms with Crippen molar-refractivity contribution < 1.29 is 19.1 Å². The molecule has 1 N–H and O–H groups in total. The lowest BCUT2D eigenvalue weighted by Crippen LogP contribution is -2.23. The van der Waals surface area contributed by atoms with E-state index in [4.69, 9.17) is 9.47 Å². The molecule has 7 nitrogen and oxygen atoms in total. The summed E-state index contributed by atoms with van der Waals surface area (Å²) >= 11 is 3.35. The van der Waals surface area contributed by atoms with Crippen molar-refractivity contribution in [2.45, 2.75) is 20.6 Å². The summed E-state index contributed by atoms with van der Waals surface area (Å²) in [6.07, 6.45) is 2.85. The van der Waals surface area contributed by atoms with Gasteiger partial charge in [0.1, 0.15) is 5.75 Å². The summed E-state index contributed by atoms with van der Waals surface area (Å²) < 4.78 is 12.8. The summed E-state index contributed by atoms with van der Waals surface area (Å²) in [5.74, 6) is -0.230. The van der Waals surface area contributed by atoms with E-state index in [1.165, 1.54) is 10.8 Å². The summed E-state index contributed by atoms with van der Waals surface area (Å²) in [4.78, 5) is 23.4. The molecule has 132 valence electrons. The molecular weight excluding hydrogens is 390 g/mol. The van der Waals surface area contributed by atoms with E-state index in [9.17, 15) is 9.59 Å². The van der Waals surface area contributed by atoms with Gasteiger partial charge in [-0.1, -0.05) is 15.9 Å². The van der Waals surface area contributed by atoms with Gasteiger partial charge in [-0.2, -0.15) is 5.10 Å². The standard InChI is InChI=1S/C17H18BrN3O4/c1-3-24-16(22)10-12(2)19-17(23)15-8-9-21(20-15)11-25-14-6-4-13(18)5-7-14/h4-10H,3,11H2,1-2H3,(H,19,23)/b12-10+. The van der Waals surface area contributed by atoms with Gasteiger partial charge < -0.3 is 14.8 Å². The van der Waals surface area contributed by atoms with Crippen molar-refractivity contribution in [3.8, 4) is 5.75 Å². The van der Waals surface area contributed by atoms with Crippen LogP contribution >= 0.6 is 15.9 Å². The van der Waals surface area contributed by atoms with E-state index in [1.54, 1.807) is 26.1 Å². The number of hydrogen-bond donors (Lipinski definition) is 1. The van der Waals surface area contributed by atoms with Crippen LogP contribution in [0.4, 0.5) is 0 Å². The summed E-state index contributed by atoms with van der Waals surface area (Å²) in [6.45, 7) is 3.76. The number of carbonyl (C=O) groups is 2. The van der Waals surface area contributed by atoms with Gasteiger partial charge in [0.15, 0.2) is 12.4 Å². The van der Waals surface area contributed by atoms with Crippen molar-refractivity contribution >= 4 is 27.8 Å². The second-order valence-electron chi connectivity index (χ2n) is 5.00. The van der Waals surface area contributed by atoms with Crippen LogP contribution in [-0.4, -0.2) is 28.3 Å². The molecule has 0 spiro atoms. The predicted octanol–water partition coefficient (Wildman–Crippen LogP) is 2.88. The van der Waals surface area contributed by atoms with Gasteiger partial charge in [-0.05, 0) is 44.2 Å². The Morgan fingerprint density at radius 3 is 2.68 bits per heavy atom. The van der Waals surface area contributed by atoms with Gasteiger partial charge in [-0.3, -0.25) is 4.79 Å². The lowest BCUT2D eigenvalue weighted by Gasteiger charge is -2.06. The van der Waals surface area contributed by atoms with Crippen molar-refractivity contribution in [3.63, 3.8) is 0 Å². The number of benzene rings is 1. The van der Waals surface area contributed by atoms with Gasteiger partial charge in [0.25, 0.3) is 5.91 Å². The van der Waals surface area contributed by atoms with Crippen molar-refractivity contribution in [1.29, 1.82) is 0 Å². The number of hydrogen-bond acceptors (Lipinski definition) is 5. The molecular formula is C17H18BrN3O4. The average molecular weight is 408 g/mol. The van der Waals surface area contributed by atoms with Crippen LogP contribution in [0.2, 0.25) is 0 Å². The van der Waals surface area contributed by atoms with Crippen LogP contribution < -0.4 is 10.1 Å². The smallest absolute Gasteiger partial charge is 0.332 e. The van der Waals surface area contributed by atoms with Gasteiger partial charge >= 0.3 is 5.97 Å². The van der Waals surface area contributed by atoms with E-state index in [0.717, 1.165) is 4.47 Å². The first-order valence-corrected chi connectivity index (χ1v) is 8.35. The van der Waals surface area contributed by atoms with E-state index in [0.29, 0.717) is 11.4 Å². The maximum absolute atomic E-state index is 12.1. The second kappa shape index (κ2) is 9.03. The van der Waals surface area contributed by atoms with Gasteiger partial charge in [0.05, 0.1) is 6.61 Å². The Bertz CT molecular complexity index is 768. The monoisotopic (exact) mass is 407 g/mol. The highest BCUT2D eigenvalue weighted by Gasteiger charge is 2.10. The largest absolute Gasteiger partial charge is 0.471 e. The quantitative estimate of drug-likeness (QED) is 0.563. The highest BCUT2D eigenvalue weighted by molar-refractivity contribution is 9.10. The van der Waals surface area contributed by atoms with E-state index < -0.39 is 11.9 Å². The molecule has 0 saturated carbocycles. The molecule has 2 aromatic rings. The summed E-state index contributed by atoms with van der Waals surface area (Å²) in [5, 5.41) is 6.72. The summed E-state index contributed by atoms with van der Waals surface area (Å²) in [5.41, 5.74) is 0.597. The Labute approximate surface area is 153 Å². The molecule has 0 bridgehead atoms. The van der Waals surface area contributed by atoms with Crippen LogP contribution in [0.25, 0.3) is 0 Å². The Balaban J connectivity index is 1.90. The van der Waals surface area contributed by atoms with Crippen molar-refractivity contribution in [2.24, 2.45) is 0 Å². The number of nitrogens with zero attached hydrogens (tertiary/aromatic N) is 2. The first-order valence-electron chi connectivity index (χ1n) is 7.56. The molecule has 0 unspecified atom stereocenters. The van der Waals surface area contributed by atoms with Crippen LogP contribution in [0.5, 0.6) is 5.75 Å². The zero-order valence-electron chi connectivity index (χ0n) is 13.9. The predicted molar refractivity (Wildman–Crippen MR) is 94.9 cm³/mol. The molecule has 1 heterocycles. The molecule has 25 heavy (non-hydrogen) atoms. The van der Waals surface area contributed by atoms with E-state index in [1.807, 2.05) is 24.3 Å². The SMILES string of the molecule is CCOC(=O)/C=C(\C)NC(=O)c1ccn(COc2ccc(Br)cc2)n1. The Kier molecular flexibility index (Phi) is 6.76. The zero-order chi connectivity index (χ0) is 18.2. The van der Waals surface area contributed by atoms with Gasteiger partial charge in [0, 0.05) is 22.4 Å². The number of carbonyl (C=O) groups excluding carboxylic acids is 2. The highest BCUT2D eigenvalue weighted by Crippen LogP contribution is 2.16. The second-order valence-corrected chi connectivity index (χ2v) is 5.92. The number of ether oxygens (including phenoxy) is 2. The molecule has 0 atom stereocenters. The first-order chi connectivity index (χ1) is 12.0. The minimum absolute atomic E-state index is 0.173. The minimum Gasteiger partial charge on any atom is -0.471 e. The number of esters is 1. The fourth-order valence-corrected chi connectivity index (χ4v) is 2.13. The molecule has 0 aliphatic heterocycles. The number of amides is 1. The van der Waals surface area contributed by atoms with Crippen molar-refractivity contribution in [1.82, 2.24) is 15.1 Å². The van der Waals surface area contributed by atoms with Gasteiger partial charge in [0.2, 0.25) is 0 Å². The minimum atomic E-state index is -0.506. The van der Waals surface area contributed by atoms with Crippen LogP contribution in [-0.2, 0) is 16.3 Å². The third kappa shape index (κ3) is 6.07. The van der Waals surface area contributed by atoms with Crippen molar-refractivity contribution in [3.05, 3.63) is 58.5 Å². The van der Waals surface area contributed by atoms with Crippen LogP contribution in [0.3, 0.4) is 0 Å². The number of aromatic nitrogens is 2. The molecule has 0 saturated heterocycles. The molecule has 0 aliphatic carbocycles. The fourth-order valence-electron chi connectivity index (χ4n) is 1.87. The molecule has 2 rings (SSSR count). The van der Waals surface area contributed by atoms with E-state index in [-0.39, 0.29) is 19.0 Å². The maximum atomic E-state index is 12.1. The Hall–Kier alpha value is -2.61. The average Bonchev–Trinajstić information content (AvgIpc) is 3.03. The molecule has 1 amide bonds. The summed E-state index contributed by atoms with van der Waals surface area (Å²) in [6, 6.07) is 8.96. The van der Waals surface area contributed by atoms with Crippen LogP contribution in [0.1, 0.15) is 24.3 Å². The Morgan fingerprint density at radius 1 is 1.28 bits per heavy atom. The Morgan fingerprint density at radius 2 is 2.00 bits per heavy atom. The number of halogens is 1. The zero-order valence-corrected chi connectivity index (χ0v) is 15.4. The number of nitrogens with one attached hydrogen (secondary N) is 1. The van der Waals surface area contributed by atoms with Gasteiger partial charge in [-0.15, -0.1) is 0 Å². The van der Waals surface area contributed by atoms with Crippen LogP contribution in [0.15, 0.2) is 52.8 Å². The molecule has 1 aromatic heterocycles. The lowest BCUT2D eigenvalue weighted by atomic mass is 10.3. The number of rotatable bonds is 7. The highest BCUT2D eigenvalue weighted by atomic mass is 79.9. The maximum Gasteiger partial charge on any atom is 0.332 e. The van der Waals surface area contributed by atoms with Gasteiger partial charge in [-0.25, -0.2) is 9.48 Å². The fraction of sp³-hybridized carbons (Fsp3) is 0.235. The first kappa shape index (κ1) is 18.7. The third-order valence-corrected chi connectivity index (χ3v) is 3.51. The normalized spacial score (nSPS) is 11.1. The molecule has 0 radical (unpaired) electrons. The van der Waals surface area contributed by atoms with E-state index in [2.05, 4.69) is 26.3 Å². The molecule has 1 aromatic carbocycles.